The molecule has 2 bridgehead atoms. The first-order valence-electron chi connectivity index (χ1n) is 8.95. The predicted octanol–water partition coefficient (Wildman–Crippen LogP) is 2.59. The molecule has 0 aromatic carbocycles. The summed E-state index contributed by atoms with van der Waals surface area (Å²) in [7, 11) is 0. The number of nitrogens with zero attached hydrogens (tertiary/aromatic N) is 2. The van der Waals surface area contributed by atoms with E-state index >= 15 is 0 Å². The third-order valence-electron chi connectivity index (χ3n) is 5.31. The van der Waals surface area contributed by atoms with Crippen molar-refractivity contribution in [3.8, 4) is 0 Å². The highest BCUT2D eigenvalue weighted by Gasteiger charge is 2.35. The Bertz CT molecular complexity index is 849. The van der Waals surface area contributed by atoms with Crippen LogP contribution in [0.1, 0.15) is 42.0 Å². The van der Waals surface area contributed by atoms with E-state index in [-0.39, 0.29) is 12.2 Å². The van der Waals surface area contributed by atoms with Crippen LogP contribution in [0.5, 0.6) is 0 Å². The van der Waals surface area contributed by atoms with Crippen molar-refractivity contribution in [2.24, 2.45) is 5.92 Å². The van der Waals surface area contributed by atoms with E-state index in [0.717, 1.165) is 49.6 Å². The molecule has 0 amide bonds. The zero-order valence-corrected chi connectivity index (χ0v) is 14.5. The van der Waals surface area contributed by atoms with Gasteiger partial charge >= 0.3 is 0 Å². The fourth-order valence-corrected chi connectivity index (χ4v) is 4.31. The predicted molar refractivity (Wildman–Crippen MR) is 96.2 cm³/mol. The Balaban J connectivity index is 1.56. The molecular formula is C20H24N2O3. The number of pyridine rings is 1. The Labute approximate surface area is 147 Å². The number of likely N-dealkylation sites (tertiary alicyclic amines) is 1. The van der Waals surface area contributed by atoms with Gasteiger partial charge in [-0.25, -0.2) is 0 Å². The molecule has 25 heavy (non-hydrogen) atoms. The van der Waals surface area contributed by atoms with E-state index in [1.165, 1.54) is 0 Å². The van der Waals surface area contributed by atoms with Crippen molar-refractivity contribution >= 4 is 6.08 Å². The maximum Gasteiger partial charge on any atom is 0.258 e. The van der Waals surface area contributed by atoms with Gasteiger partial charge in [-0.1, -0.05) is 12.2 Å². The fraction of sp³-hybridized carbons (Fsp3) is 0.450. The van der Waals surface area contributed by atoms with E-state index in [9.17, 15) is 4.79 Å². The molecule has 5 heteroatoms. The van der Waals surface area contributed by atoms with E-state index in [2.05, 4.69) is 11.0 Å². The van der Waals surface area contributed by atoms with Crippen LogP contribution in [-0.4, -0.2) is 27.7 Å². The SMILES string of the molecule is CC=Cc1ccc2n(c1=O)CC1CC2CN(Cc2ccc(CO)o2)C1. The molecule has 1 fully saturated rings. The minimum atomic E-state index is -0.0594. The number of fused-ring (bicyclic) bond motifs is 4. The number of allylic oxidation sites excluding steroid dienone is 1. The van der Waals surface area contributed by atoms with Crippen LogP contribution in [0.3, 0.4) is 0 Å². The molecule has 132 valence electrons. The summed E-state index contributed by atoms with van der Waals surface area (Å²) in [4.78, 5) is 15.1. The van der Waals surface area contributed by atoms with Crippen LogP contribution in [0.15, 0.2) is 39.6 Å². The molecule has 2 aromatic heterocycles. The summed E-state index contributed by atoms with van der Waals surface area (Å²) in [6, 6.07) is 7.85. The minimum absolute atomic E-state index is 0.0594. The normalized spacial score (nSPS) is 23.1. The van der Waals surface area contributed by atoms with Crippen molar-refractivity contribution in [1.29, 1.82) is 0 Å². The molecule has 1 N–H and O–H groups in total. The highest BCUT2D eigenvalue weighted by atomic mass is 16.4. The zero-order valence-electron chi connectivity index (χ0n) is 14.5. The lowest BCUT2D eigenvalue weighted by Gasteiger charge is -2.42. The van der Waals surface area contributed by atoms with Gasteiger partial charge in [0.2, 0.25) is 0 Å². The molecule has 2 aliphatic rings. The van der Waals surface area contributed by atoms with E-state index < -0.39 is 0 Å². The first-order chi connectivity index (χ1) is 12.2. The van der Waals surface area contributed by atoms with Crippen LogP contribution in [0, 0.1) is 5.92 Å². The number of furan rings is 1. The van der Waals surface area contributed by atoms with Gasteiger partial charge in [0.1, 0.15) is 18.1 Å². The molecule has 1 saturated heterocycles. The number of hydrogen-bond acceptors (Lipinski definition) is 4. The molecule has 0 aliphatic carbocycles. The summed E-state index contributed by atoms with van der Waals surface area (Å²) >= 11 is 0. The quantitative estimate of drug-likeness (QED) is 0.929. The summed E-state index contributed by atoms with van der Waals surface area (Å²) in [6.07, 6.45) is 4.96. The molecule has 2 aliphatic heterocycles. The van der Waals surface area contributed by atoms with Crippen LogP contribution >= 0.6 is 0 Å². The molecule has 0 spiro atoms. The second-order valence-electron chi connectivity index (χ2n) is 7.15. The van der Waals surface area contributed by atoms with Crippen LogP contribution < -0.4 is 5.56 Å². The number of aromatic nitrogens is 1. The van der Waals surface area contributed by atoms with Gasteiger partial charge < -0.3 is 14.1 Å². The van der Waals surface area contributed by atoms with Gasteiger partial charge in [-0.15, -0.1) is 0 Å². The second-order valence-corrected chi connectivity index (χ2v) is 7.15. The Morgan fingerprint density at radius 3 is 2.80 bits per heavy atom. The Morgan fingerprint density at radius 1 is 1.20 bits per heavy atom. The van der Waals surface area contributed by atoms with Gasteiger partial charge in [-0.2, -0.15) is 0 Å². The van der Waals surface area contributed by atoms with Gasteiger partial charge in [0.05, 0.1) is 6.54 Å². The lowest BCUT2D eigenvalue weighted by molar-refractivity contribution is 0.106. The number of rotatable bonds is 4. The third-order valence-corrected chi connectivity index (χ3v) is 5.31. The van der Waals surface area contributed by atoms with Crippen molar-refractivity contribution in [1.82, 2.24) is 9.47 Å². The van der Waals surface area contributed by atoms with Crippen molar-refractivity contribution in [2.45, 2.75) is 39.0 Å². The first kappa shape index (κ1) is 16.4. The fourth-order valence-electron chi connectivity index (χ4n) is 4.31. The van der Waals surface area contributed by atoms with Crippen LogP contribution in [0.2, 0.25) is 0 Å². The van der Waals surface area contributed by atoms with Crippen molar-refractivity contribution in [3.05, 3.63) is 63.5 Å². The van der Waals surface area contributed by atoms with Gasteiger partial charge in [0.15, 0.2) is 0 Å². The lowest BCUT2D eigenvalue weighted by atomic mass is 9.83. The van der Waals surface area contributed by atoms with Gasteiger partial charge in [-0.05, 0) is 43.5 Å². The Kier molecular flexibility index (Phi) is 4.36. The highest BCUT2D eigenvalue weighted by molar-refractivity contribution is 5.48. The summed E-state index contributed by atoms with van der Waals surface area (Å²) in [5, 5.41) is 9.14. The van der Waals surface area contributed by atoms with E-state index in [1.54, 1.807) is 0 Å². The topological polar surface area (TPSA) is 58.6 Å². The van der Waals surface area contributed by atoms with Gasteiger partial charge in [0.25, 0.3) is 5.56 Å². The Hall–Kier alpha value is -2.11. The van der Waals surface area contributed by atoms with Crippen molar-refractivity contribution in [2.75, 3.05) is 13.1 Å². The molecule has 2 aromatic rings. The molecule has 4 rings (SSSR count). The minimum Gasteiger partial charge on any atom is -0.462 e. The van der Waals surface area contributed by atoms with Crippen molar-refractivity contribution in [3.63, 3.8) is 0 Å². The van der Waals surface area contributed by atoms with E-state index in [4.69, 9.17) is 9.52 Å². The number of piperidine rings is 1. The van der Waals surface area contributed by atoms with Gasteiger partial charge in [0, 0.05) is 36.8 Å². The maximum absolute atomic E-state index is 12.7. The summed E-state index contributed by atoms with van der Waals surface area (Å²) < 4.78 is 7.62. The van der Waals surface area contributed by atoms with Gasteiger partial charge in [-0.3, -0.25) is 9.69 Å². The summed E-state index contributed by atoms with van der Waals surface area (Å²) in [5.41, 5.74) is 2.07. The first-order valence-corrected chi connectivity index (χ1v) is 8.95. The maximum atomic E-state index is 12.7. The summed E-state index contributed by atoms with van der Waals surface area (Å²) in [5.74, 6) is 2.40. The highest BCUT2D eigenvalue weighted by Crippen LogP contribution is 2.35. The second kappa shape index (κ2) is 6.65. The Morgan fingerprint density at radius 2 is 2.04 bits per heavy atom. The molecule has 4 heterocycles. The average molecular weight is 340 g/mol. The zero-order chi connectivity index (χ0) is 17.4. The smallest absolute Gasteiger partial charge is 0.258 e. The molecule has 5 nitrogen and oxygen atoms in total. The average Bonchev–Trinajstić information content (AvgIpc) is 3.05. The molecule has 2 atom stereocenters. The molecule has 2 unspecified atom stereocenters. The number of aliphatic hydroxyl groups is 1. The number of aliphatic hydroxyl groups excluding tert-OH is 1. The number of hydrogen-bond donors (Lipinski definition) is 1. The standard InChI is InChI=1S/C20H24N2O3/c1-2-3-15-4-7-19-16-8-14(10-22(19)20(15)24)9-21(11-16)12-17-5-6-18(13-23)25-17/h2-7,14,16,23H,8-13H2,1H3. The lowest BCUT2D eigenvalue weighted by Crippen LogP contribution is -2.47. The monoisotopic (exact) mass is 340 g/mol. The molecule has 0 radical (unpaired) electrons. The van der Waals surface area contributed by atoms with Crippen molar-refractivity contribution < 1.29 is 9.52 Å². The van der Waals surface area contributed by atoms with Crippen LogP contribution in [0.4, 0.5) is 0 Å². The third kappa shape index (κ3) is 3.10. The van der Waals surface area contributed by atoms with Crippen LogP contribution in [0.25, 0.3) is 6.08 Å². The van der Waals surface area contributed by atoms with Crippen LogP contribution in [-0.2, 0) is 19.7 Å². The molecular weight excluding hydrogens is 316 g/mol. The summed E-state index contributed by atoms with van der Waals surface area (Å²) in [6.45, 7) is 5.35. The van der Waals surface area contributed by atoms with E-state index in [1.807, 2.05) is 41.8 Å². The van der Waals surface area contributed by atoms with E-state index in [0.29, 0.717) is 17.6 Å². The largest absolute Gasteiger partial charge is 0.462 e. The molecule has 0 saturated carbocycles.